The molecule has 0 spiro atoms. The van der Waals surface area contributed by atoms with Crippen LogP contribution in [0.1, 0.15) is 70.0 Å². The van der Waals surface area contributed by atoms with Gasteiger partial charge in [0.1, 0.15) is 6.10 Å². The monoisotopic (exact) mass is 476 g/mol. The smallest absolute Gasteiger partial charge is 0.421 e. The van der Waals surface area contributed by atoms with Crippen LogP contribution in [0.15, 0.2) is 18.2 Å². The summed E-state index contributed by atoms with van der Waals surface area (Å²) in [6.07, 6.45) is -3.56. The second-order valence-corrected chi connectivity index (χ2v) is 8.73. The molecular weight excluding hydrogens is 444 g/mol. The number of benzene rings is 1. The number of aliphatic hydroxyl groups excluding tert-OH is 1. The minimum absolute atomic E-state index is 0.158. The number of amides is 1. The molecule has 1 aromatic rings. The van der Waals surface area contributed by atoms with Crippen molar-refractivity contribution in [3.05, 3.63) is 23.8 Å². The van der Waals surface area contributed by atoms with E-state index in [1.807, 2.05) is 0 Å². The van der Waals surface area contributed by atoms with E-state index < -0.39 is 35.9 Å². The van der Waals surface area contributed by atoms with Crippen LogP contribution in [0.25, 0.3) is 0 Å². The molecule has 2 N–H and O–H groups in total. The molecule has 3 rings (SSSR count). The maximum absolute atomic E-state index is 13.6. The van der Waals surface area contributed by atoms with Gasteiger partial charge in [-0.3, -0.25) is 4.79 Å². The Morgan fingerprint density at radius 2 is 1.70 bits per heavy atom. The highest BCUT2D eigenvalue weighted by Crippen LogP contribution is 2.47. The van der Waals surface area contributed by atoms with E-state index >= 15 is 0 Å². The minimum atomic E-state index is -4.84. The molecule has 33 heavy (non-hydrogen) atoms. The van der Waals surface area contributed by atoms with Gasteiger partial charge in [-0.1, -0.05) is 38.7 Å². The highest BCUT2D eigenvalue weighted by Gasteiger charge is 2.66. The lowest BCUT2D eigenvalue weighted by atomic mass is 10.0. The van der Waals surface area contributed by atoms with Crippen LogP contribution < -0.4 is 14.8 Å². The summed E-state index contributed by atoms with van der Waals surface area (Å²) in [4.78, 5) is 14.6. The van der Waals surface area contributed by atoms with Gasteiger partial charge in [0.05, 0.1) is 6.04 Å². The number of hydrogen-bond acceptors (Lipinski definition) is 5. The van der Waals surface area contributed by atoms with Gasteiger partial charge in [0, 0.05) is 13.0 Å². The van der Waals surface area contributed by atoms with E-state index in [1.54, 1.807) is 0 Å². The lowest BCUT2D eigenvalue weighted by Crippen LogP contribution is -2.52. The molecule has 1 fully saturated rings. The van der Waals surface area contributed by atoms with Crippen molar-refractivity contribution in [3.63, 3.8) is 0 Å². The fourth-order valence-corrected chi connectivity index (χ4v) is 4.14. The molecule has 10 heteroatoms. The van der Waals surface area contributed by atoms with Crippen LogP contribution in [0.2, 0.25) is 0 Å². The second-order valence-electron chi connectivity index (χ2n) is 8.73. The summed E-state index contributed by atoms with van der Waals surface area (Å²) in [5, 5.41) is 13.9. The van der Waals surface area contributed by atoms with E-state index in [9.17, 15) is 27.5 Å². The third-order valence-electron chi connectivity index (χ3n) is 6.01. The van der Waals surface area contributed by atoms with Gasteiger partial charge < -0.3 is 24.8 Å². The van der Waals surface area contributed by atoms with E-state index in [2.05, 4.69) is 26.6 Å². The Bertz CT molecular complexity index is 803. The number of carbonyl (C=O) groups excluding carboxylic acids is 1. The van der Waals surface area contributed by atoms with Gasteiger partial charge in [-0.2, -0.15) is 17.6 Å². The second kappa shape index (κ2) is 10.9. The molecule has 0 bridgehead atoms. The third kappa shape index (κ3) is 6.50. The number of rotatable bonds is 11. The van der Waals surface area contributed by atoms with Crippen molar-refractivity contribution in [2.75, 3.05) is 19.6 Å². The number of likely N-dealkylation sites (tertiary alicyclic amines) is 1. The molecule has 2 aliphatic heterocycles. The first-order valence-corrected chi connectivity index (χ1v) is 11.6. The topological polar surface area (TPSA) is 71.0 Å². The zero-order chi connectivity index (χ0) is 24.1. The number of halogens is 4. The third-order valence-corrected chi connectivity index (χ3v) is 6.01. The Labute approximate surface area is 191 Å². The standard InChI is InChI=1S/C23H32F4N2O4/c1-2-3-4-5-6-9-20(30)28-17(15-29-12-7-8-13-29)21(31)16-10-11-18-19(14-16)33-23(26,27)22(24,25)32-18/h10-11,14,17,21,31H,2-9,12-13,15H2,1H3,(H,28,30)/t17-,21+/m1/s1. The Morgan fingerprint density at radius 1 is 1.06 bits per heavy atom. The first-order chi connectivity index (χ1) is 15.6. The number of fused-ring (bicyclic) bond motifs is 1. The molecule has 186 valence electrons. The van der Waals surface area contributed by atoms with Crippen LogP contribution in [-0.2, 0) is 4.79 Å². The zero-order valence-corrected chi connectivity index (χ0v) is 18.8. The highest BCUT2D eigenvalue weighted by atomic mass is 19.3. The van der Waals surface area contributed by atoms with Gasteiger partial charge in [0.2, 0.25) is 5.91 Å². The number of unbranched alkanes of at least 4 members (excludes halogenated alkanes) is 4. The lowest BCUT2D eigenvalue weighted by Gasteiger charge is -2.33. The van der Waals surface area contributed by atoms with Crippen LogP contribution in [0.3, 0.4) is 0 Å². The number of ether oxygens (including phenoxy) is 2. The molecule has 6 nitrogen and oxygen atoms in total. The average molecular weight is 477 g/mol. The van der Waals surface area contributed by atoms with E-state index in [0.717, 1.165) is 70.2 Å². The highest BCUT2D eigenvalue weighted by molar-refractivity contribution is 5.76. The summed E-state index contributed by atoms with van der Waals surface area (Å²) in [7, 11) is 0. The Hall–Kier alpha value is -2.07. The van der Waals surface area contributed by atoms with E-state index in [-0.39, 0.29) is 11.5 Å². The molecule has 1 saturated heterocycles. The molecular formula is C23H32F4N2O4. The summed E-state index contributed by atoms with van der Waals surface area (Å²) in [5.74, 6) is -1.34. The molecule has 0 saturated carbocycles. The van der Waals surface area contributed by atoms with Crippen molar-refractivity contribution in [1.29, 1.82) is 0 Å². The number of nitrogens with one attached hydrogen (secondary N) is 1. The first-order valence-electron chi connectivity index (χ1n) is 11.6. The molecule has 1 aromatic carbocycles. The molecule has 0 unspecified atom stereocenters. The lowest BCUT2D eigenvalue weighted by molar-refractivity contribution is -0.391. The maximum atomic E-state index is 13.6. The fraction of sp³-hybridized carbons (Fsp3) is 0.696. The molecule has 0 aliphatic carbocycles. The molecule has 2 heterocycles. The normalized spacial score (nSPS) is 20.9. The Kier molecular flexibility index (Phi) is 8.44. The van der Waals surface area contributed by atoms with Crippen LogP contribution in [0.5, 0.6) is 11.5 Å². The number of carbonyl (C=O) groups is 1. The minimum Gasteiger partial charge on any atom is -0.421 e. The molecule has 0 radical (unpaired) electrons. The summed E-state index contributed by atoms with van der Waals surface area (Å²) in [6, 6.07) is 2.72. The predicted octanol–water partition coefficient (Wildman–Crippen LogP) is 4.62. The Morgan fingerprint density at radius 3 is 2.36 bits per heavy atom. The van der Waals surface area contributed by atoms with Crippen LogP contribution in [0.4, 0.5) is 17.6 Å². The summed E-state index contributed by atoms with van der Waals surface area (Å²) < 4.78 is 62.2. The van der Waals surface area contributed by atoms with Crippen molar-refractivity contribution in [2.45, 2.75) is 82.7 Å². The molecule has 2 aliphatic rings. The Balaban J connectivity index is 1.70. The van der Waals surface area contributed by atoms with Gasteiger partial charge in [0.25, 0.3) is 0 Å². The zero-order valence-electron chi connectivity index (χ0n) is 18.8. The van der Waals surface area contributed by atoms with Crippen molar-refractivity contribution < 1.29 is 36.9 Å². The van der Waals surface area contributed by atoms with Crippen LogP contribution in [-0.4, -0.2) is 53.8 Å². The molecule has 1 amide bonds. The average Bonchev–Trinajstić information content (AvgIpc) is 3.26. The van der Waals surface area contributed by atoms with E-state index in [4.69, 9.17) is 0 Å². The van der Waals surface area contributed by atoms with E-state index in [0.29, 0.717) is 13.0 Å². The molecule has 2 atom stereocenters. The van der Waals surface area contributed by atoms with Gasteiger partial charge in [-0.05, 0) is 50.0 Å². The van der Waals surface area contributed by atoms with Gasteiger partial charge in [-0.25, -0.2) is 0 Å². The number of aliphatic hydroxyl groups is 1. The van der Waals surface area contributed by atoms with Crippen molar-refractivity contribution in [3.8, 4) is 11.5 Å². The SMILES string of the molecule is CCCCCCCC(=O)N[C@H](CN1CCCC1)[C@@H](O)c1ccc2c(c1)OC(F)(F)C(F)(F)O2. The van der Waals surface area contributed by atoms with Gasteiger partial charge in [-0.15, -0.1) is 0 Å². The number of nitrogens with zero attached hydrogens (tertiary/aromatic N) is 1. The van der Waals surface area contributed by atoms with Gasteiger partial charge >= 0.3 is 12.2 Å². The van der Waals surface area contributed by atoms with Crippen LogP contribution >= 0.6 is 0 Å². The molecule has 0 aromatic heterocycles. The van der Waals surface area contributed by atoms with E-state index in [1.165, 1.54) is 6.07 Å². The van der Waals surface area contributed by atoms with Crippen molar-refractivity contribution in [1.82, 2.24) is 10.2 Å². The summed E-state index contributed by atoms with van der Waals surface area (Å²) in [6.45, 7) is 4.16. The maximum Gasteiger partial charge on any atom is 0.507 e. The summed E-state index contributed by atoms with van der Waals surface area (Å²) >= 11 is 0. The largest absolute Gasteiger partial charge is 0.507 e. The summed E-state index contributed by atoms with van der Waals surface area (Å²) in [5.41, 5.74) is 0.158. The van der Waals surface area contributed by atoms with Crippen molar-refractivity contribution in [2.24, 2.45) is 0 Å². The number of hydrogen-bond donors (Lipinski definition) is 2. The quantitative estimate of drug-likeness (QED) is 0.360. The van der Waals surface area contributed by atoms with Gasteiger partial charge in [0.15, 0.2) is 11.5 Å². The fourth-order valence-electron chi connectivity index (χ4n) is 4.14. The first kappa shape index (κ1) is 25.6. The predicted molar refractivity (Wildman–Crippen MR) is 114 cm³/mol. The number of alkyl halides is 4. The van der Waals surface area contributed by atoms with Crippen LogP contribution in [0, 0.1) is 0 Å². The van der Waals surface area contributed by atoms with Crippen molar-refractivity contribution >= 4 is 5.91 Å².